The number of carbonyl (C=O) groups is 3. The van der Waals surface area contributed by atoms with Crippen LogP contribution in [-0.2, 0) is 9.59 Å². The molecule has 10 heteroatoms. The van der Waals surface area contributed by atoms with Crippen LogP contribution < -0.4 is 10.6 Å². The molecule has 0 fully saturated rings. The highest BCUT2D eigenvalue weighted by Crippen LogP contribution is 2.16. The second kappa shape index (κ2) is 7.44. The van der Waals surface area contributed by atoms with Crippen molar-refractivity contribution in [2.75, 3.05) is 26.2 Å². The molecule has 0 heterocycles. The number of carboxylic acid groups (broad SMARTS) is 1. The highest BCUT2D eigenvalue weighted by atomic mass is 19.4. The van der Waals surface area contributed by atoms with Gasteiger partial charge in [0.2, 0.25) is 5.91 Å². The number of nitrogens with zero attached hydrogens (tertiary/aromatic N) is 1. The maximum absolute atomic E-state index is 12.1. The van der Waals surface area contributed by atoms with Gasteiger partial charge in [0.15, 0.2) is 0 Å². The highest BCUT2D eigenvalue weighted by molar-refractivity contribution is 5.80. The molecule has 0 aromatic carbocycles. The minimum absolute atomic E-state index is 0.0357. The fraction of sp³-hybridized carbons (Fsp3) is 0.667. The lowest BCUT2D eigenvalue weighted by atomic mass is 10.4. The molecule has 0 atom stereocenters. The van der Waals surface area contributed by atoms with Crippen molar-refractivity contribution < 1.29 is 32.7 Å². The van der Waals surface area contributed by atoms with Crippen molar-refractivity contribution in [2.45, 2.75) is 13.1 Å². The maximum Gasteiger partial charge on any atom is 0.406 e. The zero-order chi connectivity index (χ0) is 15.1. The van der Waals surface area contributed by atoms with Gasteiger partial charge in [0.1, 0.15) is 13.1 Å². The quantitative estimate of drug-likeness (QED) is 0.588. The van der Waals surface area contributed by atoms with Gasteiger partial charge in [-0.3, -0.25) is 9.59 Å². The van der Waals surface area contributed by atoms with E-state index in [1.807, 2.05) is 0 Å². The van der Waals surface area contributed by atoms with Crippen LogP contribution in [0, 0.1) is 0 Å². The third kappa shape index (κ3) is 9.68. The van der Waals surface area contributed by atoms with Gasteiger partial charge in [0, 0.05) is 20.0 Å². The summed E-state index contributed by atoms with van der Waals surface area (Å²) in [5.41, 5.74) is 0. The third-order valence-electron chi connectivity index (χ3n) is 1.76. The van der Waals surface area contributed by atoms with Gasteiger partial charge in [-0.05, 0) is 0 Å². The Bertz CT molecular complexity index is 346. The number of hydrogen-bond donors (Lipinski definition) is 3. The van der Waals surface area contributed by atoms with Gasteiger partial charge in [-0.2, -0.15) is 13.2 Å². The zero-order valence-corrected chi connectivity index (χ0v) is 10.1. The Hall–Kier alpha value is -2.00. The van der Waals surface area contributed by atoms with Crippen molar-refractivity contribution in [3.05, 3.63) is 0 Å². The van der Waals surface area contributed by atoms with Gasteiger partial charge in [-0.1, -0.05) is 0 Å². The van der Waals surface area contributed by atoms with Crippen LogP contribution >= 0.6 is 0 Å². The molecule has 0 radical (unpaired) electrons. The van der Waals surface area contributed by atoms with Crippen LogP contribution in [0.2, 0.25) is 0 Å². The van der Waals surface area contributed by atoms with Gasteiger partial charge in [0.05, 0.1) is 0 Å². The Morgan fingerprint density at radius 2 is 1.68 bits per heavy atom. The molecular weight excluding hydrogens is 271 g/mol. The van der Waals surface area contributed by atoms with Crippen molar-refractivity contribution in [3.8, 4) is 0 Å². The predicted molar refractivity (Wildman–Crippen MR) is 57.3 cm³/mol. The van der Waals surface area contributed by atoms with Crippen LogP contribution in [0.4, 0.5) is 18.0 Å². The number of hydrogen-bond acceptors (Lipinski definition) is 3. The minimum atomic E-state index is -4.69. The van der Waals surface area contributed by atoms with Crippen LogP contribution in [0.5, 0.6) is 0 Å². The van der Waals surface area contributed by atoms with Gasteiger partial charge in [-0.15, -0.1) is 0 Å². The molecule has 0 saturated carbocycles. The number of alkyl halides is 3. The van der Waals surface area contributed by atoms with E-state index in [4.69, 9.17) is 5.11 Å². The maximum atomic E-state index is 12.1. The van der Waals surface area contributed by atoms with Crippen LogP contribution in [0.15, 0.2) is 0 Å². The summed E-state index contributed by atoms with van der Waals surface area (Å²) in [5, 5.41) is 12.8. The SMILES string of the molecule is CC(=O)NCCNC(=O)N(CC(=O)O)CC(F)(F)F. The van der Waals surface area contributed by atoms with Crippen molar-refractivity contribution in [1.82, 2.24) is 15.5 Å². The van der Waals surface area contributed by atoms with Crippen molar-refractivity contribution >= 4 is 17.9 Å². The zero-order valence-electron chi connectivity index (χ0n) is 10.1. The summed E-state index contributed by atoms with van der Waals surface area (Å²) in [4.78, 5) is 32.3. The standard InChI is InChI=1S/C9H14F3N3O4/c1-6(16)13-2-3-14-8(19)15(4-7(17)18)5-9(10,11)12/h2-5H2,1H3,(H,13,16)(H,14,19)(H,17,18). The fourth-order valence-corrected chi connectivity index (χ4v) is 1.10. The van der Waals surface area contributed by atoms with E-state index in [1.165, 1.54) is 6.92 Å². The summed E-state index contributed by atoms with van der Waals surface area (Å²) in [6, 6.07) is -1.16. The van der Waals surface area contributed by atoms with Crippen LogP contribution in [0.3, 0.4) is 0 Å². The van der Waals surface area contributed by atoms with Gasteiger partial charge in [0.25, 0.3) is 0 Å². The minimum Gasteiger partial charge on any atom is -0.480 e. The largest absolute Gasteiger partial charge is 0.480 e. The molecule has 0 unspecified atom stereocenters. The lowest BCUT2D eigenvalue weighted by Gasteiger charge is -2.22. The van der Waals surface area contributed by atoms with E-state index in [2.05, 4.69) is 10.6 Å². The predicted octanol–water partition coefficient (Wildman–Crippen LogP) is -0.219. The first kappa shape index (κ1) is 17.0. The normalized spacial score (nSPS) is 10.7. The molecule has 0 saturated heterocycles. The Kier molecular flexibility index (Phi) is 6.66. The average molecular weight is 285 g/mol. The molecule has 0 aromatic rings. The van der Waals surface area contributed by atoms with Gasteiger partial charge < -0.3 is 20.6 Å². The molecule has 7 nitrogen and oxygen atoms in total. The molecule has 0 aliphatic heterocycles. The number of aliphatic carboxylic acids is 1. The van der Waals surface area contributed by atoms with E-state index >= 15 is 0 Å². The summed E-state index contributed by atoms with van der Waals surface area (Å²) in [6.45, 7) is -1.56. The smallest absolute Gasteiger partial charge is 0.406 e. The first-order valence-corrected chi connectivity index (χ1v) is 5.17. The molecule has 110 valence electrons. The molecular formula is C9H14F3N3O4. The van der Waals surface area contributed by atoms with Crippen molar-refractivity contribution in [2.24, 2.45) is 0 Å². The number of carbonyl (C=O) groups excluding carboxylic acids is 2. The summed E-state index contributed by atoms with van der Waals surface area (Å²) in [5.74, 6) is -1.91. The van der Waals surface area contributed by atoms with E-state index in [1.54, 1.807) is 0 Å². The Morgan fingerprint density at radius 1 is 1.16 bits per heavy atom. The van der Waals surface area contributed by atoms with Crippen LogP contribution in [-0.4, -0.2) is 60.3 Å². The van der Waals surface area contributed by atoms with Gasteiger partial charge >= 0.3 is 18.2 Å². The van der Waals surface area contributed by atoms with E-state index in [-0.39, 0.29) is 23.9 Å². The first-order chi connectivity index (χ1) is 8.61. The number of urea groups is 1. The van der Waals surface area contributed by atoms with Crippen LogP contribution in [0.25, 0.3) is 0 Å². The second-order valence-corrected chi connectivity index (χ2v) is 3.58. The van der Waals surface area contributed by atoms with Crippen molar-refractivity contribution in [1.29, 1.82) is 0 Å². The number of carboxylic acids is 1. The third-order valence-corrected chi connectivity index (χ3v) is 1.76. The number of rotatable bonds is 6. The number of amides is 3. The van der Waals surface area contributed by atoms with Crippen LogP contribution in [0.1, 0.15) is 6.92 Å². The van der Waals surface area contributed by atoms with Gasteiger partial charge in [-0.25, -0.2) is 4.79 Å². The molecule has 0 spiro atoms. The molecule has 0 aliphatic rings. The Balaban J connectivity index is 4.30. The summed E-state index contributed by atoms with van der Waals surface area (Å²) in [6.07, 6.45) is -4.69. The van der Waals surface area contributed by atoms with E-state index < -0.39 is 31.3 Å². The Morgan fingerprint density at radius 3 is 2.11 bits per heavy atom. The number of nitrogens with one attached hydrogen (secondary N) is 2. The fourth-order valence-electron chi connectivity index (χ4n) is 1.10. The van der Waals surface area contributed by atoms with E-state index in [9.17, 15) is 27.6 Å². The lowest BCUT2D eigenvalue weighted by Crippen LogP contribution is -2.48. The monoisotopic (exact) mass is 285 g/mol. The van der Waals surface area contributed by atoms with E-state index in [0.717, 1.165) is 0 Å². The Labute approximate surface area is 106 Å². The molecule has 0 aliphatic carbocycles. The lowest BCUT2D eigenvalue weighted by molar-refractivity contribution is -0.149. The molecule has 19 heavy (non-hydrogen) atoms. The highest BCUT2D eigenvalue weighted by Gasteiger charge is 2.33. The summed E-state index contributed by atoms with van der Waals surface area (Å²) < 4.78 is 36.4. The average Bonchev–Trinajstić information content (AvgIpc) is 2.20. The summed E-state index contributed by atoms with van der Waals surface area (Å²) in [7, 11) is 0. The second-order valence-electron chi connectivity index (χ2n) is 3.58. The first-order valence-electron chi connectivity index (χ1n) is 5.17. The molecule has 3 N–H and O–H groups in total. The molecule has 3 amide bonds. The van der Waals surface area contributed by atoms with E-state index in [0.29, 0.717) is 0 Å². The molecule has 0 bridgehead atoms. The molecule has 0 aromatic heterocycles. The van der Waals surface area contributed by atoms with Crippen molar-refractivity contribution in [3.63, 3.8) is 0 Å². The summed E-state index contributed by atoms with van der Waals surface area (Å²) >= 11 is 0. The number of halogens is 3. The molecule has 0 rings (SSSR count). The topological polar surface area (TPSA) is 98.7 Å².